The van der Waals surface area contributed by atoms with Crippen molar-refractivity contribution in [3.63, 3.8) is 0 Å². The largest absolute Gasteiger partial charge is 0.497 e. The first-order valence-electron chi connectivity index (χ1n) is 13.6. The highest BCUT2D eigenvalue weighted by Gasteiger charge is 2.41. The Morgan fingerprint density at radius 2 is 1.78 bits per heavy atom. The van der Waals surface area contributed by atoms with Crippen LogP contribution in [0.5, 0.6) is 5.75 Å². The third-order valence-electron chi connectivity index (χ3n) is 8.55. The fourth-order valence-corrected chi connectivity index (χ4v) is 6.59. The van der Waals surface area contributed by atoms with Crippen molar-refractivity contribution in [2.75, 3.05) is 36.5 Å². The molecule has 3 heterocycles. The molecule has 1 aliphatic carbocycles. The van der Waals surface area contributed by atoms with Gasteiger partial charge in [0.15, 0.2) is 0 Å². The van der Waals surface area contributed by atoms with Gasteiger partial charge in [-0.25, -0.2) is 4.98 Å². The molecule has 6 nitrogen and oxygen atoms in total. The highest BCUT2D eigenvalue weighted by Crippen LogP contribution is 2.36. The van der Waals surface area contributed by atoms with Crippen LogP contribution < -0.4 is 19.9 Å². The van der Waals surface area contributed by atoms with Gasteiger partial charge in [-0.2, -0.15) is 5.26 Å². The maximum absolute atomic E-state index is 9.20. The van der Waals surface area contributed by atoms with Crippen molar-refractivity contribution < 1.29 is 4.74 Å². The minimum atomic E-state index is 0.361. The molecule has 2 aliphatic heterocycles. The van der Waals surface area contributed by atoms with Gasteiger partial charge in [-0.1, -0.05) is 25.0 Å². The van der Waals surface area contributed by atoms with Crippen LogP contribution in [0.1, 0.15) is 37.7 Å². The number of ether oxygens (including phenoxy) is 1. The second kappa shape index (κ2) is 10.4. The van der Waals surface area contributed by atoms with E-state index in [0.29, 0.717) is 29.6 Å². The van der Waals surface area contributed by atoms with Gasteiger partial charge >= 0.3 is 0 Å². The van der Waals surface area contributed by atoms with E-state index in [2.05, 4.69) is 57.6 Å². The van der Waals surface area contributed by atoms with Gasteiger partial charge < -0.3 is 19.9 Å². The molecule has 6 rings (SSSR count). The molecule has 6 heteroatoms. The van der Waals surface area contributed by atoms with E-state index in [4.69, 9.17) is 9.72 Å². The summed E-state index contributed by atoms with van der Waals surface area (Å²) in [4.78, 5) is 10.0. The van der Waals surface area contributed by atoms with Crippen molar-refractivity contribution in [2.45, 2.75) is 50.2 Å². The van der Waals surface area contributed by atoms with Crippen molar-refractivity contribution in [3.05, 3.63) is 72.4 Å². The van der Waals surface area contributed by atoms with E-state index >= 15 is 0 Å². The van der Waals surface area contributed by atoms with Crippen LogP contribution >= 0.6 is 0 Å². The summed E-state index contributed by atoms with van der Waals surface area (Å²) < 4.78 is 5.47. The Balaban J connectivity index is 1.31. The summed E-state index contributed by atoms with van der Waals surface area (Å²) >= 11 is 0. The summed E-state index contributed by atoms with van der Waals surface area (Å²) in [5.41, 5.74) is 4.24. The molecule has 2 saturated heterocycles. The maximum Gasteiger partial charge on any atom is 0.129 e. The molecule has 0 spiro atoms. The lowest BCUT2D eigenvalue weighted by Gasteiger charge is -2.44. The van der Waals surface area contributed by atoms with Crippen molar-refractivity contribution >= 4 is 11.5 Å². The Hall–Kier alpha value is -3.56. The van der Waals surface area contributed by atoms with Gasteiger partial charge in [0.25, 0.3) is 0 Å². The van der Waals surface area contributed by atoms with Gasteiger partial charge in [0.05, 0.1) is 18.7 Å². The summed E-state index contributed by atoms with van der Waals surface area (Å²) in [5, 5.41) is 13.3. The highest BCUT2D eigenvalue weighted by molar-refractivity contribution is 5.68. The smallest absolute Gasteiger partial charge is 0.129 e. The molecule has 1 aromatic heterocycles. The van der Waals surface area contributed by atoms with Crippen molar-refractivity contribution in [2.24, 2.45) is 5.92 Å². The minimum absolute atomic E-state index is 0.361. The lowest BCUT2D eigenvalue weighted by Crippen LogP contribution is -2.59. The number of nitriles is 1. The van der Waals surface area contributed by atoms with Crippen LogP contribution in [0.4, 0.5) is 11.5 Å². The molecule has 0 bridgehead atoms. The topological polar surface area (TPSA) is 64.4 Å². The monoisotopic (exact) mass is 493 g/mol. The van der Waals surface area contributed by atoms with E-state index in [9.17, 15) is 5.26 Å². The standard InChI is InChI=1S/C31H35N5O/c1-37-27-7-4-6-23(17-27)24-13-15-33-31(18-24)36-20-25-5-2-3-8-28(25)34-29-21-35(16-14-30(29)36)26-11-9-22(19-32)10-12-26/h4,6-7,9-13,15,17-18,25,28-30,34H,2-3,5,8,14,16,20-21H2,1H3. The van der Waals surface area contributed by atoms with E-state index in [-0.39, 0.29) is 0 Å². The van der Waals surface area contributed by atoms with Crippen LogP contribution in [-0.2, 0) is 0 Å². The van der Waals surface area contributed by atoms with E-state index in [0.717, 1.165) is 43.2 Å². The summed E-state index contributed by atoms with van der Waals surface area (Å²) in [6.45, 7) is 3.02. The van der Waals surface area contributed by atoms with E-state index in [1.807, 2.05) is 30.5 Å². The average Bonchev–Trinajstić information content (AvgIpc) is 3.13. The number of nitrogens with zero attached hydrogens (tertiary/aromatic N) is 4. The Kier molecular flexibility index (Phi) is 6.72. The number of nitrogens with one attached hydrogen (secondary N) is 1. The SMILES string of the molecule is COc1cccc(-c2ccnc(N3CC4CCCCC4NC4CN(c5ccc(C#N)cc5)CCC43)c2)c1. The van der Waals surface area contributed by atoms with Crippen LogP contribution in [0.3, 0.4) is 0 Å². The number of pyridine rings is 1. The fraction of sp³-hybridized carbons (Fsp3) is 0.419. The normalized spacial score (nSPS) is 25.4. The lowest BCUT2D eigenvalue weighted by atomic mass is 9.84. The third-order valence-corrected chi connectivity index (χ3v) is 8.55. The van der Waals surface area contributed by atoms with Crippen LogP contribution in [-0.4, -0.2) is 49.9 Å². The predicted molar refractivity (Wildman–Crippen MR) is 148 cm³/mol. The zero-order valence-corrected chi connectivity index (χ0v) is 21.5. The van der Waals surface area contributed by atoms with Gasteiger partial charge in [-0.3, -0.25) is 0 Å². The number of hydrogen-bond acceptors (Lipinski definition) is 6. The number of anilines is 2. The van der Waals surface area contributed by atoms with Crippen LogP contribution in [0.2, 0.25) is 0 Å². The Morgan fingerprint density at radius 1 is 0.946 bits per heavy atom. The predicted octanol–water partition coefficient (Wildman–Crippen LogP) is 5.24. The molecule has 37 heavy (non-hydrogen) atoms. The molecule has 0 radical (unpaired) electrons. The molecule has 190 valence electrons. The van der Waals surface area contributed by atoms with E-state index < -0.39 is 0 Å². The molecular formula is C31H35N5O. The molecule has 3 fully saturated rings. The molecule has 0 amide bonds. The summed E-state index contributed by atoms with van der Waals surface area (Å²) in [6.07, 6.45) is 8.21. The number of aromatic nitrogens is 1. The molecule has 4 atom stereocenters. The number of hydrogen-bond donors (Lipinski definition) is 1. The highest BCUT2D eigenvalue weighted by atomic mass is 16.5. The van der Waals surface area contributed by atoms with Crippen LogP contribution in [0, 0.1) is 17.2 Å². The lowest BCUT2D eigenvalue weighted by molar-refractivity contribution is 0.260. The van der Waals surface area contributed by atoms with E-state index in [1.165, 1.54) is 36.9 Å². The third kappa shape index (κ3) is 4.89. The van der Waals surface area contributed by atoms with Crippen molar-refractivity contribution in [1.29, 1.82) is 5.26 Å². The number of piperidine rings is 1. The Morgan fingerprint density at radius 3 is 2.62 bits per heavy atom. The molecular weight excluding hydrogens is 458 g/mol. The van der Waals surface area contributed by atoms with Gasteiger partial charge in [0.2, 0.25) is 0 Å². The van der Waals surface area contributed by atoms with Gasteiger partial charge in [-0.15, -0.1) is 0 Å². The number of rotatable bonds is 4. The number of benzene rings is 2. The molecule has 3 aromatic rings. The summed E-state index contributed by atoms with van der Waals surface area (Å²) in [7, 11) is 1.71. The first-order chi connectivity index (χ1) is 18.2. The fourth-order valence-electron chi connectivity index (χ4n) is 6.59. The number of fused-ring (bicyclic) bond motifs is 2. The molecule has 4 unspecified atom stereocenters. The van der Waals surface area contributed by atoms with Crippen molar-refractivity contribution in [3.8, 4) is 22.9 Å². The van der Waals surface area contributed by atoms with Gasteiger partial charge in [0.1, 0.15) is 11.6 Å². The van der Waals surface area contributed by atoms with Gasteiger partial charge in [0, 0.05) is 49.6 Å². The Bertz CT molecular complexity index is 1270. The second-order valence-electron chi connectivity index (χ2n) is 10.7. The Labute approximate surface area is 219 Å². The molecule has 1 N–H and O–H groups in total. The molecule has 2 aromatic carbocycles. The molecule has 3 aliphatic rings. The first-order valence-corrected chi connectivity index (χ1v) is 13.6. The maximum atomic E-state index is 9.20. The zero-order valence-electron chi connectivity index (χ0n) is 21.5. The summed E-state index contributed by atoms with van der Waals surface area (Å²) in [5.74, 6) is 2.59. The summed E-state index contributed by atoms with van der Waals surface area (Å²) in [6, 6.07) is 24.2. The number of methoxy groups -OCH3 is 1. The average molecular weight is 494 g/mol. The second-order valence-corrected chi connectivity index (χ2v) is 10.7. The van der Waals surface area contributed by atoms with Crippen LogP contribution in [0.15, 0.2) is 66.9 Å². The quantitative estimate of drug-likeness (QED) is 0.536. The van der Waals surface area contributed by atoms with Crippen molar-refractivity contribution in [1.82, 2.24) is 10.3 Å². The van der Waals surface area contributed by atoms with E-state index in [1.54, 1.807) is 7.11 Å². The minimum Gasteiger partial charge on any atom is -0.497 e. The van der Waals surface area contributed by atoms with Gasteiger partial charge in [-0.05, 0) is 84.8 Å². The molecule has 1 saturated carbocycles. The zero-order chi connectivity index (χ0) is 25.2. The van der Waals surface area contributed by atoms with Crippen LogP contribution in [0.25, 0.3) is 11.1 Å². The first kappa shape index (κ1) is 23.8.